The minimum absolute atomic E-state index is 0.251. The highest BCUT2D eigenvalue weighted by atomic mass is 32.2. The maximum absolute atomic E-state index is 11.4. The van der Waals surface area contributed by atoms with E-state index in [0.717, 1.165) is 32.4 Å². The molecule has 1 atom stereocenters. The molecule has 4 nitrogen and oxygen atoms in total. The van der Waals surface area contributed by atoms with Gasteiger partial charge in [0.25, 0.3) is 0 Å². The van der Waals surface area contributed by atoms with Gasteiger partial charge in [0, 0.05) is 12.6 Å². The predicted octanol–water partition coefficient (Wildman–Crippen LogP) is 0.234. The molecule has 0 spiro atoms. The molecule has 0 amide bonds. The number of nitrogens with zero attached hydrogens (tertiary/aromatic N) is 1. The summed E-state index contributed by atoms with van der Waals surface area (Å²) in [6, 6.07) is 0.251. The Bertz CT molecular complexity index is 275. The Morgan fingerprint density at radius 1 is 1.33 bits per heavy atom. The lowest BCUT2D eigenvalue weighted by Crippen LogP contribution is -2.29. The third-order valence-corrected chi connectivity index (χ3v) is 4.50. The van der Waals surface area contributed by atoms with Gasteiger partial charge in [-0.1, -0.05) is 0 Å². The van der Waals surface area contributed by atoms with Crippen LogP contribution in [0.1, 0.15) is 26.2 Å². The Kier molecular flexibility index (Phi) is 5.02. The first-order valence-corrected chi connectivity index (χ1v) is 7.50. The molecule has 0 aliphatic carbocycles. The van der Waals surface area contributed by atoms with E-state index in [-0.39, 0.29) is 6.04 Å². The lowest BCUT2D eigenvalue weighted by atomic mass is 10.2. The molecule has 0 saturated carbocycles. The zero-order chi connectivity index (χ0) is 11.3. The van der Waals surface area contributed by atoms with Crippen LogP contribution >= 0.6 is 0 Å². The second kappa shape index (κ2) is 5.82. The lowest BCUT2D eigenvalue weighted by Gasteiger charge is -2.19. The Balaban J connectivity index is 2.26. The molecule has 0 aromatic carbocycles. The molecule has 1 heterocycles. The van der Waals surface area contributed by atoms with Gasteiger partial charge < -0.3 is 10.6 Å². The Morgan fingerprint density at radius 3 is 2.73 bits per heavy atom. The van der Waals surface area contributed by atoms with Gasteiger partial charge in [0.15, 0.2) is 9.84 Å². The third-order valence-electron chi connectivity index (χ3n) is 2.78. The van der Waals surface area contributed by atoms with Crippen molar-refractivity contribution in [1.82, 2.24) is 4.90 Å². The Morgan fingerprint density at radius 2 is 2.07 bits per heavy atom. The molecule has 0 aromatic heterocycles. The van der Waals surface area contributed by atoms with Gasteiger partial charge in [-0.15, -0.1) is 0 Å². The van der Waals surface area contributed by atoms with E-state index < -0.39 is 9.84 Å². The number of hydrogen-bond donors (Lipinski definition) is 1. The molecule has 0 radical (unpaired) electrons. The van der Waals surface area contributed by atoms with E-state index >= 15 is 0 Å². The molecule has 1 rings (SSSR count). The van der Waals surface area contributed by atoms with Crippen LogP contribution in [0.25, 0.3) is 0 Å². The van der Waals surface area contributed by atoms with Gasteiger partial charge in [0.05, 0.1) is 11.5 Å². The summed E-state index contributed by atoms with van der Waals surface area (Å²) in [5.41, 5.74) is 5.67. The smallest absolute Gasteiger partial charge is 0.151 e. The van der Waals surface area contributed by atoms with Crippen molar-refractivity contribution < 1.29 is 8.42 Å². The lowest BCUT2D eigenvalue weighted by molar-refractivity contribution is 0.286. The highest BCUT2D eigenvalue weighted by Crippen LogP contribution is 2.06. The molecule has 1 fully saturated rings. The van der Waals surface area contributed by atoms with Crippen LogP contribution in [0.4, 0.5) is 0 Å². The van der Waals surface area contributed by atoms with Crippen LogP contribution in [-0.2, 0) is 9.84 Å². The minimum Gasteiger partial charge on any atom is -0.328 e. The van der Waals surface area contributed by atoms with E-state index in [4.69, 9.17) is 5.73 Å². The summed E-state index contributed by atoms with van der Waals surface area (Å²) < 4.78 is 22.7. The quantitative estimate of drug-likeness (QED) is 0.756. The van der Waals surface area contributed by atoms with Gasteiger partial charge >= 0.3 is 0 Å². The summed E-state index contributed by atoms with van der Waals surface area (Å²) in [4.78, 5) is 2.24. The topological polar surface area (TPSA) is 63.4 Å². The Hall–Kier alpha value is -0.130. The van der Waals surface area contributed by atoms with Crippen molar-refractivity contribution in [2.24, 2.45) is 5.73 Å². The van der Waals surface area contributed by atoms with Gasteiger partial charge in [0.2, 0.25) is 0 Å². The molecule has 1 aliphatic heterocycles. The summed E-state index contributed by atoms with van der Waals surface area (Å²) in [5, 5.41) is 0. The summed E-state index contributed by atoms with van der Waals surface area (Å²) >= 11 is 0. The van der Waals surface area contributed by atoms with Crippen molar-refractivity contribution in [3.8, 4) is 0 Å². The standard InChI is InChI=1S/C10H22N2O2S/c1-10(11)4-2-5-12-6-3-8-15(13,14)9-7-12/h10H,2-9,11H2,1H3. The molecular weight excluding hydrogens is 212 g/mol. The van der Waals surface area contributed by atoms with E-state index in [0.29, 0.717) is 18.1 Å². The average Bonchev–Trinajstić information content (AvgIpc) is 2.27. The van der Waals surface area contributed by atoms with Crippen LogP contribution in [0.2, 0.25) is 0 Å². The largest absolute Gasteiger partial charge is 0.328 e. The zero-order valence-corrected chi connectivity index (χ0v) is 10.3. The molecule has 1 unspecified atom stereocenters. The molecule has 1 aliphatic rings. The van der Waals surface area contributed by atoms with Gasteiger partial charge in [-0.2, -0.15) is 0 Å². The molecule has 5 heteroatoms. The fraction of sp³-hybridized carbons (Fsp3) is 1.00. The predicted molar refractivity (Wildman–Crippen MR) is 62.6 cm³/mol. The zero-order valence-electron chi connectivity index (χ0n) is 9.48. The van der Waals surface area contributed by atoms with E-state index in [2.05, 4.69) is 4.90 Å². The number of nitrogens with two attached hydrogens (primary N) is 1. The van der Waals surface area contributed by atoms with Crippen molar-refractivity contribution >= 4 is 9.84 Å². The maximum atomic E-state index is 11.4. The fourth-order valence-electron chi connectivity index (χ4n) is 1.85. The highest BCUT2D eigenvalue weighted by Gasteiger charge is 2.18. The maximum Gasteiger partial charge on any atom is 0.151 e. The van der Waals surface area contributed by atoms with Gasteiger partial charge in [-0.3, -0.25) is 0 Å². The minimum atomic E-state index is -2.76. The van der Waals surface area contributed by atoms with Crippen LogP contribution in [0.15, 0.2) is 0 Å². The first-order valence-electron chi connectivity index (χ1n) is 5.68. The van der Waals surface area contributed by atoms with Crippen LogP contribution < -0.4 is 5.73 Å². The van der Waals surface area contributed by atoms with E-state index in [1.165, 1.54) is 0 Å². The SMILES string of the molecule is CC(N)CCCN1CCCS(=O)(=O)CC1. The summed E-state index contributed by atoms with van der Waals surface area (Å²) in [7, 11) is -2.76. The van der Waals surface area contributed by atoms with Crippen molar-refractivity contribution in [2.75, 3.05) is 31.1 Å². The summed E-state index contributed by atoms with van der Waals surface area (Å²) in [6.45, 7) is 4.60. The third kappa shape index (κ3) is 5.49. The fourth-order valence-corrected chi connectivity index (χ4v) is 3.16. The van der Waals surface area contributed by atoms with Crippen LogP contribution in [0, 0.1) is 0 Å². The van der Waals surface area contributed by atoms with E-state index in [1.807, 2.05) is 6.92 Å². The van der Waals surface area contributed by atoms with Crippen LogP contribution in [0.5, 0.6) is 0 Å². The van der Waals surface area contributed by atoms with Gasteiger partial charge in [0.1, 0.15) is 0 Å². The number of hydrogen-bond acceptors (Lipinski definition) is 4. The highest BCUT2D eigenvalue weighted by molar-refractivity contribution is 7.91. The van der Waals surface area contributed by atoms with Gasteiger partial charge in [-0.05, 0) is 39.3 Å². The monoisotopic (exact) mass is 234 g/mol. The summed E-state index contributed by atoms with van der Waals surface area (Å²) in [6.07, 6.45) is 2.86. The number of rotatable bonds is 4. The average molecular weight is 234 g/mol. The second-order valence-electron chi connectivity index (χ2n) is 4.47. The van der Waals surface area contributed by atoms with Gasteiger partial charge in [-0.25, -0.2) is 8.42 Å². The normalized spacial score (nSPS) is 24.7. The molecule has 2 N–H and O–H groups in total. The molecule has 15 heavy (non-hydrogen) atoms. The van der Waals surface area contributed by atoms with Crippen molar-refractivity contribution in [3.05, 3.63) is 0 Å². The van der Waals surface area contributed by atoms with Crippen molar-refractivity contribution in [1.29, 1.82) is 0 Å². The second-order valence-corrected chi connectivity index (χ2v) is 6.77. The molecule has 0 bridgehead atoms. The Labute approximate surface area is 92.7 Å². The van der Waals surface area contributed by atoms with E-state index in [9.17, 15) is 8.42 Å². The van der Waals surface area contributed by atoms with E-state index in [1.54, 1.807) is 0 Å². The van der Waals surface area contributed by atoms with Crippen LogP contribution in [0.3, 0.4) is 0 Å². The van der Waals surface area contributed by atoms with Crippen molar-refractivity contribution in [3.63, 3.8) is 0 Å². The molecule has 90 valence electrons. The molecular formula is C10H22N2O2S. The molecule has 0 aromatic rings. The summed E-state index contributed by atoms with van der Waals surface area (Å²) in [5.74, 6) is 0.683. The first-order chi connectivity index (χ1) is 6.99. The molecule has 1 saturated heterocycles. The first kappa shape index (κ1) is 12.9. The van der Waals surface area contributed by atoms with Crippen molar-refractivity contribution in [2.45, 2.75) is 32.2 Å². The number of sulfone groups is 1. The van der Waals surface area contributed by atoms with Crippen LogP contribution in [-0.4, -0.2) is 50.5 Å².